The van der Waals surface area contributed by atoms with Gasteiger partial charge in [-0.1, -0.05) is 0 Å². The maximum absolute atomic E-state index is 12.0. The normalized spacial score (nSPS) is 22.6. The van der Waals surface area contributed by atoms with Crippen LogP contribution < -0.4 is 5.43 Å². The molecule has 8 nitrogen and oxygen atoms in total. The van der Waals surface area contributed by atoms with E-state index in [1.807, 2.05) is 0 Å². The minimum Gasteiger partial charge on any atom is -0.467 e. The Balaban J connectivity index is 2.80. The third-order valence-electron chi connectivity index (χ3n) is 2.64. The molecular weight excluding hydrogens is 252 g/mol. The van der Waals surface area contributed by atoms with Crippen molar-refractivity contribution in [3.63, 3.8) is 0 Å². The van der Waals surface area contributed by atoms with E-state index in [-0.39, 0.29) is 12.6 Å². The molecule has 0 radical (unpaired) electrons. The smallest absolute Gasteiger partial charge is 0.411 e. The summed E-state index contributed by atoms with van der Waals surface area (Å²) in [7, 11) is 1.26. The number of carbonyl (C=O) groups excluding carboxylic acids is 2. The highest BCUT2D eigenvalue weighted by atomic mass is 16.6. The van der Waals surface area contributed by atoms with Gasteiger partial charge in [-0.2, -0.15) is 0 Å². The Morgan fingerprint density at radius 2 is 2.05 bits per heavy atom. The molecule has 0 aromatic rings. The molecule has 1 aliphatic rings. The van der Waals surface area contributed by atoms with Gasteiger partial charge in [0.05, 0.1) is 13.7 Å². The van der Waals surface area contributed by atoms with E-state index in [0.29, 0.717) is 6.42 Å². The number of likely N-dealkylation sites (tertiary alicyclic amines) is 1. The number of esters is 1. The van der Waals surface area contributed by atoms with Gasteiger partial charge in [-0.15, -0.1) is 0 Å². The lowest BCUT2D eigenvalue weighted by atomic mass is 10.2. The molecule has 0 spiro atoms. The molecule has 1 heterocycles. The van der Waals surface area contributed by atoms with Crippen molar-refractivity contribution in [2.45, 2.75) is 44.9 Å². The summed E-state index contributed by atoms with van der Waals surface area (Å²) >= 11 is 0. The van der Waals surface area contributed by atoms with Crippen LogP contribution in [0, 0.1) is 5.39 Å². The molecule has 1 amide bonds. The lowest BCUT2D eigenvalue weighted by Gasteiger charge is -2.27. The lowest BCUT2D eigenvalue weighted by Crippen LogP contribution is -2.44. The van der Waals surface area contributed by atoms with E-state index in [1.54, 1.807) is 20.8 Å². The highest BCUT2D eigenvalue weighted by molar-refractivity contribution is 5.82. The Morgan fingerprint density at radius 1 is 1.42 bits per heavy atom. The van der Waals surface area contributed by atoms with Gasteiger partial charge in [0.1, 0.15) is 17.7 Å². The molecule has 2 atom stereocenters. The van der Waals surface area contributed by atoms with E-state index in [4.69, 9.17) is 10.1 Å². The van der Waals surface area contributed by atoms with Crippen LogP contribution in [0.3, 0.4) is 0 Å². The summed E-state index contributed by atoms with van der Waals surface area (Å²) in [4.78, 5) is 24.9. The lowest BCUT2D eigenvalue weighted by molar-refractivity contribution is -0.145. The van der Waals surface area contributed by atoms with Crippen LogP contribution >= 0.6 is 0 Å². The first kappa shape index (κ1) is 15.0. The maximum Gasteiger partial charge on any atom is 0.411 e. The molecule has 0 bridgehead atoms. The Hall–Kier alpha value is -2.04. The van der Waals surface area contributed by atoms with E-state index in [9.17, 15) is 9.59 Å². The molecule has 1 saturated heterocycles. The average Bonchev–Trinajstić information content (AvgIpc) is 2.70. The van der Waals surface area contributed by atoms with Gasteiger partial charge >= 0.3 is 17.1 Å². The zero-order valence-corrected chi connectivity index (χ0v) is 11.5. The minimum atomic E-state index is -0.737. The number of amides is 1. The monoisotopic (exact) mass is 271 g/mol. The third-order valence-corrected chi connectivity index (χ3v) is 2.64. The fraction of sp³-hybridized carbons (Fsp3) is 0.818. The number of methoxy groups -OCH3 is 1. The molecule has 1 aliphatic heterocycles. The van der Waals surface area contributed by atoms with E-state index in [0.717, 1.165) is 0 Å². The second kappa shape index (κ2) is 5.73. The number of hydrogen-bond acceptors (Lipinski definition) is 6. The topological polar surface area (TPSA) is 96.0 Å². The molecule has 0 unspecified atom stereocenters. The van der Waals surface area contributed by atoms with Crippen molar-refractivity contribution < 1.29 is 19.1 Å². The van der Waals surface area contributed by atoms with Gasteiger partial charge in [-0.3, -0.25) is 4.90 Å². The summed E-state index contributed by atoms with van der Waals surface area (Å²) in [5, 5.41) is 11.3. The third kappa shape index (κ3) is 3.98. The van der Waals surface area contributed by atoms with Crippen LogP contribution in [0.1, 0.15) is 27.2 Å². The van der Waals surface area contributed by atoms with Crippen LogP contribution in [0.15, 0.2) is 0 Å². The van der Waals surface area contributed by atoms with Gasteiger partial charge in [0.25, 0.3) is 5.39 Å². The van der Waals surface area contributed by atoms with Gasteiger partial charge in [-0.05, 0) is 26.2 Å². The van der Waals surface area contributed by atoms with E-state index >= 15 is 0 Å². The van der Waals surface area contributed by atoms with Gasteiger partial charge in [0.2, 0.25) is 0 Å². The Labute approximate surface area is 111 Å². The van der Waals surface area contributed by atoms with E-state index in [2.05, 4.69) is 15.2 Å². The van der Waals surface area contributed by atoms with Crippen LogP contribution in [0.25, 0.3) is 5.08 Å². The van der Waals surface area contributed by atoms with E-state index < -0.39 is 23.7 Å². The number of rotatable bonds is 2. The van der Waals surface area contributed by atoms with Crippen LogP contribution in [0.4, 0.5) is 4.79 Å². The van der Waals surface area contributed by atoms with Gasteiger partial charge in [-0.25, -0.2) is 9.59 Å². The number of ether oxygens (including phenoxy) is 2. The van der Waals surface area contributed by atoms with Gasteiger partial charge in [0.15, 0.2) is 0 Å². The van der Waals surface area contributed by atoms with Crippen molar-refractivity contribution in [3.05, 3.63) is 5.08 Å². The molecule has 0 saturated carbocycles. The van der Waals surface area contributed by atoms with Gasteiger partial charge < -0.3 is 9.47 Å². The van der Waals surface area contributed by atoms with E-state index in [1.165, 1.54) is 12.0 Å². The Morgan fingerprint density at radius 3 is 2.53 bits per heavy atom. The first-order valence-corrected chi connectivity index (χ1v) is 5.95. The quantitative estimate of drug-likeness (QED) is 0.455. The van der Waals surface area contributed by atoms with Crippen LogP contribution in [-0.2, 0) is 14.3 Å². The molecule has 0 aromatic heterocycles. The Kier molecular flexibility index (Phi) is 4.53. The second-order valence-electron chi connectivity index (χ2n) is 5.33. The molecule has 106 valence electrons. The molecule has 1 N–H and O–H groups in total. The van der Waals surface area contributed by atoms with Crippen LogP contribution in [-0.4, -0.2) is 48.3 Å². The molecule has 0 aliphatic carbocycles. The van der Waals surface area contributed by atoms with Crippen molar-refractivity contribution in [1.82, 2.24) is 10.3 Å². The number of nitrogens with one attached hydrogen (secondary N) is 1. The molecule has 19 heavy (non-hydrogen) atoms. The Bertz CT molecular complexity index is 398. The largest absolute Gasteiger partial charge is 0.467 e. The van der Waals surface area contributed by atoms with Gasteiger partial charge in [0, 0.05) is 6.42 Å². The summed E-state index contributed by atoms with van der Waals surface area (Å²) in [6.07, 6.45) is -0.291. The zero-order chi connectivity index (χ0) is 14.6. The highest BCUT2D eigenvalue weighted by Gasteiger charge is 2.43. The predicted octanol–water partition coefficient (Wildman–Crippen LogP) is 0.895. The molecular formula is C11H19N4O4+. The van der Waals surface area contributed by atoms with Crippen LogP contribution in [0.5, 0.6) is 0 Å². The summed E-state index contributed by atoms with van der Waals surface area (Å²) < 4.78 is 9.89. The maximum atomic E-state index is 12.0. The predicted molar refractivity (Wildman–Crippen MR) is 65.4 cm³/mol. The molecule has 0 aromatic carbocycles. The van der Waals surface area contributed by atoms with Crippen molar-refractivity contribution >= 4 is 12.1 Å². The van der Waals surface area contributed by atoms with Crippen LogP contribution in [0.2, 0.25) is 0 Å². The molecule has 1 rings (SSSR count). The molecule has 8 heteroatoms. The fourth-order valence-corrected chi connectivity index (χ4v) is 1.89. The number of nitrogens with zero attached hydrogens (tertiary/aromatic N) is 3. The standard InChI is InChI=1S/C11H19N4O4/c1-11(2,3)19-10(17)15-6-7(13-14-12)5-8(15)9(16)18-4/h7-8,13H,5-6H2,1-4H3/q+1/t7-,8-/m0/s1. The second-order valence-corrected chi connectivity index (χ2v) is 5.33. The summed E-state index contributed by atoms with van der Waals surface area (Å²) in [5.41, 5.74) is 1.78. The summed E-state index contributed by atoms with van der Waals surface area (Å²) in [6.45, 7) is 5.44. The fourth-order valence-electron chi connectivity index (χ4n) is 1.89. The van der Waals surface area contributed by atoms with Crippen molar-refractivity contribution in [3.8, 4) is 0 Å². The summed E-state index contributed by atoms with van der Waals surface area (Å²) in [6, 6.07) is -1.05. The first-order valence-electron chi connectivity index (χ1n) is 5.95. The zero-order valence-electron chi connectivity index (χ0n) is 11.5. The number of hydrogen-bond donors (Lipinski definition) is 1. The SMILES string of the molecule is COC(=O)[C@@H]1C[C@H](N[N+]#N)CN1C(=O)OC(C)(C)C. The van der Waals surface area contributed by atoms with Crippen molar-refractivity contribution in [2.24, 2.45) is 0 Å². The first-order chi connectivity index (χ1) is 8.78. The van der Waals surface area contributed by atoms with Crippen molar-refractivity contribution in [1.29, 1.82) is 5.39 Å². The number of carbonyl (C=O) groups is 2. The number of diazo groups is 1. The minimum absolute atomic E-state index is 0.207. The molecule has 1 fully saturated rings. The highest BCUT2D eigenvalue weighted by Crippen LogP contribution is 2.22. The average molecular weight is 271 g/mol. The van der Waals surface area contributed by atoms with Crippen molar-refractivity contribution in [2.75, 3.05) is 13.7 Å². The summed E-state index contributed by atoms with van der Waals surface area (Å²) in [5.74, 6) is -0.520.